The molecule has 15 nitrogen and oxygen atoms in total. The number of hydrogen-bond donors (Lipinski definition) is 0. The number of carbonyl (C=O) groups excluding carboxylic acids is 2. The molecule has 4 heterocycles. The Morgan fingerprint density at radius 3 is 0.750 bits per heavy atom. The SMILES string of the molecule is CC(=O)[O-].CC(=O)[O-].O.O.O.O.O.O.O.[Cu+2].c1cnc2c(c1)ccc1cccnc12.c1cnc2c(c1)ccc1cccnc12. The fraction of sp³-hybridized carbons (Fsp3) is 0.0714. The van der Waals surface area contributed by atoms with Crippen LogP contribution in [0.4, 0.5) is 0 Å². The third-order valence-corrected chi connectivity index (χ3v) is 4.69. The van der Waals surface area contributed by atoms with Crippen LogP contribution in [0.3, 0.4) is 0 Å². The van der Waals surface area contributed by atoms with Gasteiger partial charge in [0.1, 0.15) is 0 Å². The van der Waals surface area contributed by atoms with Crippen LogP contribution in [0.2, 0.25) is 0 Å². The van der Waals surface area contributed by atoms with Crippen molar-refractivity contribution >= 4 is 55.6 Å². The number of nitrogens with zero attached hydrogens (tertiary/aromatic N) is 4. The predicted octanol–water partition coefficient (Wildman–Crippen LogP) is -2.70. The summed E-state index contributed by atoms with van der Waals surface area (Å²) in [5.74, 6) is -2.17. The molecular weight excluding hydrogens is 632 g/mol. The van der Waals surface area contributed by atoms with Gasteiger partial charge in [0.15, 0.2) is 0 Å². The molecule has 0 bridgehead atoms. The smallest absolute Gasteiger partial charge is 0.550 e. The molecule has 0 aliphatic heterocycles. The topological polar surface area (TPSA) is 352 Å². The van der Waals surface area contributed by atoms with Crippen LogP contribution in [0.1, 0.15) is 13.8 Å². The number of hydrogen-bond acceptors (Lipinski definition) is 8. The summed E-state index contributed by atoms with van der Waals surface area (Å²) in [6.45, 7) is 1.94. The fourth-order valence-corrected chi connectivity index (χ4v) is 3.36. The van der Waals surface area contributed by atoms with Crippen molar-refractivity contribution in [1.29, 1.82) is 0 Å². The van der Waals surface area contributed by atoms with Crippen molar-refractivity contribution in [2.45, 2.75) is 13.8 Å². The Morgan fingerprint density at radius 1 is 0.432 bits per heavy atom. The Kier molecular flexibility index (Phi) is 30.6. The van der Waals surface area contributed by atoms with E-state index in [4.69, 9.17) is 19.8 Å². The van der Waals surface area contributed by atoms with E-state index in [1.165, 1.54) is 0 Å². The number of carboxylic acid groups (broad SMARTS) is 2. The number of pyridine rings is 4. The van der Waals surface area contributed by atoms with E-state index in [1.807, 2.05) is 24.3 Å². The number of aromatic nitrogens is 4. The third kappa shape index (κ3) is 14.9. The number of benzene rings is 2. The summed E-state index contributed by atoms with van der Waals surface area (Å²) in [5.41, 5.74) is 3.91. The number of fused-ring (bicyclic) bond motifs is 6. The average Bonchev–Trinajstić information content (AvgIpc) is 2.88. The molecule has 0 spiro atoms. The standard InChI is InChI=1S/2C12H8N2.2C2H4O2.Cu.7H2O/c2*1-3-9-5-6-10-4-2-8-14-12(10)11(9)13-7-1;2*1-2(3)4;;;;;;;;/h2*1-8H;2*1H3,(H,3,4);;7*1H2/q;;;;+2;;;;;;;/p-2. The van der Waals surface area contributed by atoms with E-state index in [0.29, 0.717) is 0 Å². The van der Waals surface area contributed by atoms with E-state index in [9.17, 15) is 0 Å². The molecular formula is C28H36CuN4O11. The first-order valence-electron chi connectivity index (χ1n) is 10.9. The summed E-state index contributed by atoms with van der Waals surface area (Å²) < 4.78 is 0. The molecule has 44 heavy (non-hydrogen) atoms. The minimum Gasteiger partial charge on any atom is -0.550 e. The van der Waals surface area contributed by atoms with Crippen LogP contribution in [0, 0.1) is 0 Å². The molecule has 0 amide bonds. The minimum absolute atomic E-state index is 0. The third-order valence-electron chi connectivity index (χ3n) is 4.69. The van der Waals surface area contributed by atoms with Crippen molar-refractivity contribution in [3.8, 4) is 0 Å². The summed E-state index contributed by atoms with van der Waals surface area (Å²) in [7, 11) is 0. The van der Waals surface area contributed by atoms with Crippen LogP contribution in [-0.2, 0) is 26.7 Å². The van der Waals surface area contributed by atoms with E-state index in [1.54, 1.807) is 24.8 Å². The predicted molar refractivity (Wildman–Crippen MR) is 161 cm³/mol. The van der Waals surface area contributed by atoms with E-state index in [0.717, 1.165) is 57.5 Å². The zero-order valence-corrected chi connectivity index (χ0v) is 24.4. The Balaban J connectivity index is -0.000000116. The number of carboxylic acids is 2. The van der Waals surface area contributed by atoms with Gasteiger partial charge in [0.25, 0.3) is 0 Å². The number of aliphatic carboxylic acids is 2. The monoisotopic (exact) mass is 667 g/mol. The minimum atomic E-state index is -1.08. The van der Waals surface area contributed by atoms with Crippen molar-refractivity contribution in [3.63, 3.8) is 0 Å². The van der Waals surface area contributed by atoms with Crippen LogP contribution in [-0.4, -0.2) is 70.2 Å². The zero-order valence-electron chi connectivity index (χ0n) is 23.5. The average molecular weight is 668 g/mol. The van der Waals surface area contributed by atoms with Crippen LogP contribution >= 0.6 is 0 Å². The van der Waals surface area contributed by atoms with E-state index in [2.05, 4.69) is 68.5 Å². The van der Waals surface area contributed by atoms with E-state index in [-0.39, 0.29) is 55.4 Å². The molecule has 1 radical (unpaired) electrons. The first-order chi connectivity index (χ1) is 17.4. The second-order valence-corrected chi connectivity index (χ2v) is 7.41. The zero-order chi connectivity index (χ0) is 25.9. The van der Waals surface area contributed by atoms with Crippen LogP contribution < -0.4 is 10.2 Å². The van der Waals surface area contributed by atoms with Crippen LogP contribution in [0.25, 0.3) is 43.6 Å². The Bertz CT molecular complexity index is 1420. The van der Waals surface area contributed by atoms with Gasteiger partial charge in [0.05, 0.1) is 22.1 Å². The molecule has 0 atom stereocenters. The second kappa shape index (κ2) is 25.9. The van der Waals surface area contributed by atoms with Gasteiger partial charge in [-0.1, -0.05) is 48.5 Å². The molecule has 6 rings (SSSR count). The second-order valence-electron chi connectivity index (χ2n) is 7.41. The van der Waals surface area contributed by atoms with Gasteiger partial charge in [0.2, 0.25) is 0 Å². The summed E-state index contributed by atoms with van der Waals surface area (Å²) in [6, 6.07) is 24.3. The fourth-order valence-electron chi connectivity index (χ4n) is 3.36. The van der Waals surface area contributed by atoms with Gasteiger partial charge < -0.3 is 58.1 Å². The van der Waals surface area contributed by atoms with Gasteiger partial charge in [-0.15, -0.1) is 0 Å². The normalized spacial score (nSPS) is 8.05. The molecule has 0 saturated heterocycles. The molecule has 0 aliphatic rings. The van der Waals surface area contributed by atoms with Gasteiger partial charge in [0, 0.05) is 58.3 Å². The Labute approximate surface area is 261 Å². The van der Waals surface area contributed by atoms with Crippen LogP contribution in [0.15, 0.2) is 97.6 Å². The quantitative estimate of drug-likeness (QED) is 0.121. The first kappa shape index (κ1) is 52.0. The molecule has 0 aliphatic carbocycles. The maximum absolute atomic E-state index is 8.89. The summed E-state index contributed by atoms with van der Waals surface area (Å²) in [5, 5.41) is 22.3. The van der Waals surface area contributed by atoms with Gasteiger partial charge in [-0.3, -0.25) is 19.9 Å². The van der Waals surface area contributed by atoms with Crippen molar-refractivity contribution < 1.29 is 75.2 Å². The van der Waals surface area contributed by atoms with Gasteiger partial charge in [-0.25, -0.2) is 0 Å². The maximum Gasteiger partial charge on any atom is 2.00 e. The van der Waals surface area contributed by atoms with Crippen molar-refractivity contribution in [2.75, 3.05) is 0 Å². The summed E-state index contributed by atoms with van der Waals surface area (Å²) in [4.78, 5) is 35.2. The van der Waals surface area contributed by atoms with Crippen LogP contribution in [0.5, 0.6) is 0 Å². The first-order valence-corrected chi connectivity index (χ1v) is 10.9. The molecule has 0 fully saturated rings. The van der Waals surface area contributed by atoms with E-state index < -0.39 is 11.9 Å². The summed E-state index contributed by atoms with van der Waals surface area (Å²) in [6.07, 6.45) is 7.21. The van der Waals surface area contributed by atoms with E-state index >= 15 is 0 Å². The Hall–Kier alpha value is -4.74. The van der Waals surface area contributed by atoms with Gasteiger partial charge >= 0.3 is 17.1 Å². The van der Waals surface area contributed by atoms with Gasteiger partial charge in [-0.2, -0.15) is 0 Å². The molecule has 245 valence electrons. The molecule has 0 saturated carbocycles. The summed E-state index contributed by atoms with van der Waals surface area (Å²) >= 11 is 0. The number of carbonyl (C=O) groups is 2. The maximum atomic E-state index is 8.89. The molecule has 6 aromatic rings. The molecule has 2 aromatic carbocycles. The Morgan fingerprint density at radius 2 is 0.591 bits per heavy atom. The molecule has 16 heteroatoms. The van der Waals surface area contributed by atoms with Gasteiger partial charge in [-0.05, 0) is 38.1 Å². The van der Waals surface area contributed by atoms with Crippen molar-refractivity contribution in [1.82, 2.24) is 19.9 Å². The number of rotatable bonds is 0. The largest absolute Gasteiger partial charge is 2.00 e. The molecule has 0 unspecified atom stereocenters. The molecule has 4 aromatic heterocycles. The van der Waals surface area contributed by atoms with Crippen molar-refractivity contribution in [3.05, 3.63) is 97.6 Å². The van der Waals surface area contributed by atoms with Crippen molar-refractivity contribution in [2.24, 2.45) is 0 Å². The molecule has 14 N–H and O–H groups in total.